The van der Waals surface area contributed by atoms with Gasteiger partial charge in [-0.3, -0.25) is 9.69 Å². The highest BCUT2D eigenvalue weighted by Gasteiger charge is 2.41. The van der Waals surface area contributed by atoms with Crippen molar-refractivity contribution >= 4 is 34.6 Å². The van der Waals surface area contributed by atoms with Crippen molar-refractivity contribution in [3.8, 4) is 5.75 Å². The van der Waals surface area contributed by atoms with E-state index in [1.54, 1.807) is 0 Å². The maximum atomic E-state index is 13.5. The molecular formula is C25H28N2O2S. The van der Waals surface area contributed by atoms with Crippen molar-refractivity contribution in [2.75, 3.05) is 6.61 Å². The zero-order valence-electron chi connectivity index (χ0n) is 17.6. The average Bonchev–Trinajstić information content (AvgIpc) is 3.04. The molecule has 1 amide bonds. The Balaban J connectivity index is 1.69. The molecule has 1 saturated carbocycles. The quantitative estimate of drug-likeness (QED) is 0.536. The molecule has 0 N–H and O–H groups in total. The lowest BCUT2D eigenvalue weighted by Gasteiger charge is -2.35. The summed E-state index contributed by atoms with van der Waals surface area (Å²) in [6.07, 6.45) is 6.56. The second-order valence-electron chi connectivity index (χ2n) is 7.85. The topological polar surface area (TPSA) is 41.9 Å². The molecular weight excluding hydrogens is 392 g/mol. The highest BCUT2D eigenvalue weighted by molar-refractivity contribution is 8.18. The number of benzene rings is 2. The molecule has 1 heterocycles. The minimum atomic E-state index is 0.0650. The minimum absolute atomic E-state index is 0.0650. The van der Waals surface area contributed by atoms with Gasteiger partial charge in [0, 0.05) is 6.04 Å². The molecule has 1 saturated heterocycles. The van der Waals surface area contributed by atoms with Crippen molar-refractivity contribution in [1.82, 2.24) is 4.90 Å². The number of rotatable bonds is 5. The molecule has 0 bridgehead atoms. The molecule has 4 rings (SSSR count). The van der Waals surface area contributed by atoms with Crippen molar-refractivity contribution in [2.45, 2.75) is 45.6 Å². The Morgan fingerprint density at radius 1 is 1.13 bits per heavy atom. The summed E-state index contributed by atoms with van der Waals surface area (Å²) in [5.41, 5.74) is 1.84. The third-order valence-corrected chi connectivity index (χ3v) is 6.67. The number of amidine groups is 1. The molecule has 30 heavy (non-hydrogen) atoms. The van der Waals surface area contributed by atoms with Gasteiger partial charge in [-0.05, 0) is 73.4 Å². The Morgan fingerprint density at radius 3 is 2.70 bits per heavy atom. The van der Waals surface area contributed by atoms with Gasteiger partial charge in [-0.2, -0.15) is 0 Å². The van der Waals surface area contributed by atoms with Crippen LogP contribution in [0.4, 0.5) is 5.69 Å². The van der Waals surface area contributed by atoms with Gasteiger partial charge in [0.25, 0.3) is 5.91 Å². The number of aliphatic imine (C=N–C) groups is 1. The number of hydrogen-bond acceptors (Lipinski definition) is 4. The normalized spacial score (nSPS) is 24.6. The van der Waals surface area contributed by atoms with E-state index in [9.17, 15) is 4.79 Å². The molecule has 2 aromatic rings. The first-order valence-electron chi connectivity index (χ1n) is 10.8. The lowest BCUT2D eigenvalue weighted by atomic mass is 9.85. The van der Waals surface area contributed by atoms with Crippen LogP contribution in [0.3, 0.4) is 0 Å². The van der Waals surface area contributed by atoms with Crippen LogP contribution in [0.15, 0.2) is 64.5 Å². The van der Waals surface area contributed by atoms with Crippen LogP contribution in [0.5, 0.6) is 5.75 Å². The number of amides is 1. The first-order chi connectivity index (χ1) is 14.7. The molecule has 0 aromatic heterocycles. The Bertz CT molecular complexity index is 955. The first-order valence-corrected chi connectivity index (χ1v) is 11.6. The van der Waals surface area contributed by atoms with Gasteiger partial charge in [0.2, 0.25) is 0 Å². The SMILES string of the molecule is CCOc1cccc(/C=C2\SC(=Nc3ccccc3)N([C@@H]3CCCC[C@H]3C)C2=O)c1. The van der Waals surface area contributed by atoms with E-state index in [0.717, 1.165) is 46.3 Å². The van der Waals surface area contributed by atoms with Crippen molar-refractivity contribution < 1.29 is 9.53 Å². The monoisotopic (exact) mass is 420 g/mol. The summed E-state index contributed by atoms with van der Waals surface area (Å²) in [6, 6.07) is 18.0. The summed E-state index contributed by atoms with van der Waals surface area (Å²) in [5, 5.41) is 0.789. The second kappa shape index (κ2) is 9.52. The lowest BCUT2D eigenvalue weighted by Crippen LogP contribution is -2.44. The standard InChI is InChI=1S/C25H28N2O2S/c1-3-29-21-14-9-11-19(16-21)17-23-24(28)27(22-15-8-7-10-18(22)2)25(30-23)26-20-12-5-4-6-13-20/h4-6,9,11-14,16-18,22H,3,7-8,10,15H2,1-2H3/b23-17-,26-25?/t18-,22-/m1/s1. The molecule has 0 unspecified atom stereocenters. The number of carbonyl (C=O) groups is 1. The van der Waals surface area contributed by atoms with Crippen LogP contribution >= 0.6 is 11.8 Å². The van der Waals surface area contributed by atoms with Crippen LogP contribution in [-0.4, -0.2) is 28.6 Å². The van der Waals surface area contributed by atoms with E-state index in [-0.39, 0.29) is 11.9 Å². The third-order valence-electron chi connectivity index (χ3n) is 5.68. The number of thioether (sulfide) groups is 1. The zero-order chi connectivity index (χ0) is 20.9. The Hall–Kier alpha value is -2.53. The van der Waals surface area contributed by atoms with Crippen LogP contribution in [0.1, 0.15) is 45.1 Å². The maximum absolute atomic E-state index is 13.5. The van der Waals surface area contributed by atoms with Gasteiger partial charge in [-0.25, -0.2) is 4.99 Å². The van der Waals surface area contributed by atoms with Crippen LogP contribution < -0.4 is 4.74 Å². The van der Waals surface area contributed by atoms with Gasteiger partial charge in [-0.15, -0.1) is 0 Å². The van der Waals surface area contributed by atoms with Gasteiger partial charge in [-0.1, -0.05) is 50.1 Å². The van der Waals surface area contributed by atoms with E-state index in [4.69, 9.17) is 9.73 Å². The third kappa shape index (κ3) is 4.62. The summed E-state index contributed by atoms with van der Waals surface area (Å²) >= 11 is 1.48. The molecule has 0 spiro atoms. The molecule has 1 aliphatic carbocycles. The number of nitrogens with zero attached hydrogens (tertiary/aromatic N) is 2. The van der Waals surface area contributed by atoms with E-state index in [1.165, 1.54) is 18.2 Å². The predicted octanol–water partition coefficient (Wildman–Crippen LogP) is 6.27. The smallest absolute Gasteiger partial charge is 0.267 e. The maximum Gasteiger partial charge on any atom is 0.267 e. The summed E-state index contributed by atoms with van der Waals surface area (Å²) in [4.78, 5) is 21.0. The van der Waals surface area contributed by atoms with Crippen LogP contribution in [0.2, 0.25) is 0 Å². The molecule has 5 heteroatoms. The fourth-order valence-electron chi connectivity index (χ4n) is 4.16. The van der Waals surface area contributed by atoms with E-state index in [1.807, 2.05) is 72.5 Å². The largest absolute Gasteiger partial charge is 0.494 e. The highest BCUT2D eigenvalue weighted by Crippen LogP contribution is 2.40. The van der Waals surface area contributed by atoms with Gasteiger partial charge >= 0.3 is 0 Å². The fourth-order valence-corrected chi connectivity index (χ4v) is 5.21. The van der Waals surface area contributed by atoms with Crippen LogP contribution in [0, 0.1) is 5.92 Å². The second-order valence-corrected chi connectivity index (χ2v) is 8.86. The van der Waals surface area contributed by atoms with Crippen molar-refractivity contribution in [1.29, 1.82) is 0 Å². The molecule has 2 aromatic carbocycles. The van der Waals surface area contributed by atoms with Gasteiger partial charge < -0.3 is 4.74 Å². The minimum Gasteiger partial charge on any atom is -0.494 e. The number of para-hydroxylation sites is 1. The molecule has 156 valence electrons. The summed E-state index contributed by atoms with van der Waals surface area (Å²) in [6.45, 7) is 4.85. The first kappa shape index (κ1) is 20.7. The lowest BCUT2D eigenvalue weighted by molar-refractivity contribution is -0.124. The molecule has 2 atom stereocenters. The van der Waals surface area contributed by atoms with Crippen molar-refractivity contribution in [2.24, 2.45) is 10.9 Å². The van der Waals surface area contributed by atoms with Gasteiger partial charge in [0.15, 0.2) is 5.17 Å². The average molecular weight is 421 g/mol. The Morgan fingerprint density at radius 2 is 1.93 bits per heavy atom. The fraction of sp³-hybridized carbons (Fsp3) is 0.360. The Kier molecular flexibility index (Phi) is 6.58. The van der Waals surface area contributed by atoms with E-state index in [0.29, 0.717) is 12.5 Å². The van der Waals surface area contributed by atoms with Gasteiger partial charge in [0.1, 0.15) is 5.75 Å². The zero-order valence-corrected chi connectivity index (χ0v) is 18.4. The molecule has 1 aliphatic heterocycles. The molecule has 0 radical (unpaired) electrons. The van der Waals surface area contributed by atoms with Crippen LogP contribution in [0.25, 0.3) is 6.08 Å². The van der Waals surface area contributed by atoms with Crippen molar-refractivity contribution in [3.05, 3.63) is 65.1 Å². The van der Waals surface area contributed by atoms with E-state index in [2.05, 4.69) is 6.92 Å². The summed E-state index contributed by atoms with van der Waals surface area (Å²) in [7, 11) is 0. The summed E-state index contributed by atoms with van der Waals surface area (Å²) in [5.74, 6) is 1.36. The van der Waals surface area contributed by atoms with E-state index >= 15 is 0 Å². The summed E-state index contributed by atoms with van der Waals surface area (Å²) < 4.78 is 5.61. The molecule has 2 fully saturated rings. The van der Waals surface area contributed by atoms with E-state index < -0.39 is 0 Å². The molecule has 4 nitrogen and oxygen atoms in total. The number of hydrogen-bond donors (Lipinski definition) is 0. The highest BCUT2D eigenvalue weighted by atomic mass is 32.2. The number of ether oxygens (including phenoxy) is 1. The number of carbonyl (C=O) groups excluding carboxylic acids is 1. The van der Waals surface area contributed by atoms with Gasteiger partial charge in [0.05, 0.1) is 17.2 Å². The predicted molar refractivity (Wildman–Crippen MR) is 125 cm³/mol. The molecule has 2 aliphatic rings. The Labute approximate surface area is 183 Å². The van der Waals surface area contributed by atoms with Crippen LogP contribution in [-0.2, 0) is 4.79 Å². The van der Waals surface area contributed by atoms with Crippen molar-refractivity contribution in [3.63, 3.8) is 0 Å².